The van der Waals surface area contributed by atoms with Gasteiger partial charge in [0.25, 0.3) is 0 Å². The van der Waals surface area contributed by atoms with Crippen LogP contribution in [0.1, 0.15) is 31.7 Å². The molecule has 1 aliphatic heterocycles. The Bertz CT molecular complexity index is 587. The molecule has 7 nitrogen and oxygen atoms in total. The zero-order chi connectivity index (χ0) is 18.8. The van der Waals surface area contributed by atoms with Crippen molar-refractivity contribution in [2.45, 2.75) is 39.2 Å². The molecule has 0 saturated carbocycles. The largest absolute Gasteiger partial charge is 0.494 e. The Morgan fingerprint density at radius 3 is 2.59 bits per heavy atom. The first-order chi connectivity index (χ1) is 12.6. The predicted octanol–water partition coefficient (Wildman–Crippen LogP) is 2.91. The molecule has 152 valence electrons. The monoisotopic (exact) mass is 490 g/mol. The lowest BCUT2D eigenvalue weighted by Crippen LogP contribution is -2.48. The summed E-state index contributed by atoms with van der Waals surface area (Å²) in [7, 11) is 0. The molecule has 0 unspecified atom stereocenters. The summed E-state index contributed by atoms with van der Waals surface area (Å²) in [5, 5.41) is 3.23. The number of guanidine groups is 1. The summed E-state index contributed by atoms with van der Waals surface area (Å²) >= 11 is 0. The SMILES string of the molecule is CCOC(=O)N1CCC(NC(N)=NCCCOc2ccc(C)cc2)CC1.I. The molecule has 1 amide bonds. The number of hydrogen-bond acceptors (Lipinski definition) is 4. The molecule has 0 bridgehead atoms. The van der Waals surface area contributed by atoms with E-state index in [0.717, 1.165) is 25.0 Å². The molecular weight excluding hydrogens is 459 g/mol. The second-order valence-corrected chi connectivity index (χ2v) is 6.39. The molecule has 0 atom stereocenters. The summed E-state index contributed by atoms with van der Waals surface area (Å²) < 4.78 is 10.7. The molecule has 1 saturated heterocycles. The Morgan fingerprint density at radius 2 is 1.96 bits per heavy atom. The van der Waals surface area contributed by atoms with Crippen LogP contribution in [-0.2, 0) is 4.74 Å². The molecule has 27 heavy (non-hydrogen) atoms. The molecule has 0 aliphatic carbocycles. The molecule has 1 aliphatic rings. The molecule has 0 spiro atoms. The topological polar surface area (TPSA) is 89.2 Å². The number of piperidine rings is 1. The number of ether oxygens (including phenoxy) is 2. The molecule has 0 radical (unpaired) electrons. The van der Waals surface area contributed by atoms with Gasteiger partial charge in [0.15, 0.2) is 5.96 Å². The van der Waals surface area contributed by atoms with Crippen molar-refractivity contribution in [3.63, 3.8) is 0 Å². The number of nitrogens with two attached hydrogens (primary N) is 1. The number of rotatable bonds is 7. The van der Waals surface area contributed by atoms with Gasteiger partial charge in [-0.1, -0.05) is 17.7 Å². The number of aryl methyl sites for hydroxylation is 1. The van der Waals surface area contributed by atoms with Gasteiger partial charge < -0.3 is 25.4 Å². The third-order valence-corrected chi connectivity index (χ3v) is 4.25. The van der Waals surface area contributed by atoms with Crippen LogP contribution in [-0.4, -0.2) is 55.8 Å². The van der Waals surface area contributed by atoms with Gasteiger partial charge in [0, 0.05) is 32.1 Å². The second kappa shape index (κ2) is 12.6. The molecule has 0 aromatic heterocycles. The van der Waals surface area contributed by atoms with Gasteiger partial charge in [0.2, 0.25) is 0 Å². The van der Waals surface area contributed by atoms with Crippen LogP contribution in [0.3, 0.4) is 0 Å². The van der Waals surface area contributed by atoms with E-state index in [-0.39, 0.29) is 36.1 Å². The van der Waals surface area contributed by atoms with Gasteiger partial charge in [-0.25, -0.2) is 4.79 Å². The average molecular weight is 490 g/mol. The van der Waals surface area contributed by atoms with Gasteiger partial charge in [-0.3, -0.25) is 4.99 Å². The lowest BCUT2D eigenvalue weighted by Gasteiger charge is -2.31. The van der Waals surface area contributed by atoms with Crippen LogP contribution in [0.2, 0.25) is 0 Å². The quantitative estimate of drug-likeness (QED) is 0.266. The number of carbonyl (C=O) groups is 1. The van der Waals surface area contributed by atoms with Crippen LogP contribution < -0.4 is 15.8 Å². The van der Waals surface area contributed by atoms with Crippen LogP contribution >= 0.6 is 24.0 Å². The predicted molar refractivity (Wildman–Crippen MR) is 118 cm³/mol. The number of likely N-dealkylation sites (tertiary alicyclic amines) is 1. The number of carbonyl (C=O) groups excluding carboxylic acids is 1. The Morgan fingerprint density at radius 1 is 1.30 bits per heavy atom. The smallest absolute Gasteiger partial charge is 0.409 e. The van der Waals surface area contributed by atoms with Gasteiger partial charge in [0.05, 0.1) is 13.2 Å². The highest BCUT2D eigenvalue weighted by molar-refractivity contribution is 14.0. The van der Waals surface area contributed by atoms with Crippen molar-refractivity contribution in [3.05, 3.63) is 29.8 Å². The lowest BCUT2D eigenvalue weighted by atomic mass is 10.1. The van der Waals surface area contributed by atoms with Crippen molar-refractivity contribution in [1.82, 2.24) is 10.2 Å². The highest BCUT2D eigenvalue weighted by Crippen LogP contribution is 2.12. The minimum atomic E-state index is -0.235. The van der Waals surface area contributed by atoms with Gasteiger partial charge in [0.1, 0.15) is 5.75 Å². The summed E-state index contributed by atoms with van der Waals surface area (Å²) in [6.45, 7) is 6.85. The second-order valence-electron chi connectivity index (χ2n) is 6.39. The van der Waals surface area contributed by atoms with E-state index in [1.807, 2.05) is 31.2 Å². The zero-order valence-electron chi connectivity index (χ0n) is 16.1. The van der Waals surface area contributed by atoms with E-state index >= 15 is 0 Å². The average Bonchev–Trinajstić information content (AvgIpc) is 2.64. The molecule has 1 aromatic rings. The number of amides is 1. The van der Waals surface area contributed by atoms with Crippen molar-refractivity contribution in [3.8, 4) is 5.75 Å². The Labute approximate surface area is 178 Å². The van der Waals surface area contributed by atoms with Crippen LogP contribution in [0.25, 0.3) is 0 Å². The van der Waals surface area contributed by atoms with Crippen molar-refractivity contribution in [2.75, 3.05) is 32.8 Å². The minimum Gasteiger partial charge on any atom is -0.494 e. The first-order valence-electron chi connectivity index (χ1n) is 9.26. The maximum Gasteiger partial charge on any atom is 0.409 e. The number of hydrogen-bond donors (Lipinski definition) is 2. The Kier molecular flexibility index (Phi) is 10.9. The first kappa shape index (κ1) is 23.3. The molecule has 2 rings (SSSR count). The number of nitrogens with one attached hydrogen (secondary N) is 1. The maximum atomic E-state index is 11.7. The number of aliphatic imine (C=N–C) groups is 1. The summed E-state index contributed by atoms with van der Waals surface area (Å²) in [6.07, 6.45) is 2.25. The fourth-order valence-corrected chi connectivity index (χ4v) is 2.76. The molecule has 1 fully saturated rings. The van der Waals surface area contributed by atoms with E-state index < -0.39 is 0 Å². The zero-order valence-corrected chi connectivity index (χ0v) is 18.5. The summed E-state index contributed by atoms with van der Waals surface area (Å²) in [6, 6.07) is 8.24. The number of halogens is 1. The fourth-order valence-electron chi connectivity index (χ4n) is 2.76. The van der Waals surface area contributed by atoms with Gasteiger partial charge in [-0.2, -0.15) is 0 Å². The van der Waals surface area contributed by atoms with E-state index in [4.69, 9.17) is 15.2 Å². The molecule has 1 aromatic carbocycles. The summed E-state index contributed by atoms with van der Waals surface area (Å²) in [5.41, 5.74) is 7.17. The normalized spacial score (nSPS) is 15.0. The van der Waals surface area contributed by atoms with Crippen molar-refractivity contribution >= 4 is 36.0 Å². The van der Waals surface area contributed by atoms with Crippen LogP contribution in [0.5, 0.6) is 5.75 Å². The number of nitrogens with zero attached hydrogens (tertiary/aromatic N) is 2. The summed E-state index contributed by atoms with van der Waals surface area (Å²) in [5.74, 6) is 1.33. The van der Waals surface area contributed by atoms with Crippen molar-refractivity contribution in [2.24, 2.45) is 10.7 Å². The van der Waals surface area contributed by atoms with E-state index in [1.54, 1.807) is 4.90 Å². The minimum absolute atomic E-state index is 0. The standard InChI is InChI=1S/C19H30N4O3.HI/c1-3-25-19(24)23-12-9-16(10-13-23)22-18(20)21-11-4-14-26-17-7-5-15(2)6-8-17;/h5-8,16H,3-4,9-14H2,1-2H3,(H3,20,21,22);1H. The van der Waals surface area contributed by atoms with Crippen LogP contribution in [0, 0.1) is 6.92 Å². The molecular formula is C19H31IN4O3. The lowest BCUT2D eigenvalue weighted by molar-refractivity contribution is 0.0963. The van der Waals surface area contributed by atoms with Gasteiger partial charge in [-0.05, 0) is 38.8 Å². The van der Waals surface area contributed by atoms with Gasteiger partial charge in [-0.15, -0.1) is 24.0 Å². The van der Waals surface area contributed by atoms with Crippen LogP contribution in [0.15, 0.2) is 29.3 Å². The highest BCUT2D eigenvalue weighted by Gasteiger charge is 2.23. The maximum absolute atomic E-state index is 11.7. The van der Waals surface area contributed by atoms with Gasteiger partial charge >= 0.3 is 6.09 Å². The number of benzene rings is 1. The third-order valence-electron chi connectivity index (χ3n) is 4.25. The Balaban J connectivity index is 0.00000364. The summed E-state index contributed by atoms with van der Waals surface area (Å²) in [4.78, 5) is 17.8. The highest BCUT2D eigenvalue weighted by atomic mass is 127. The molecule has 3 N–H and O–H groups in total. The van der Waals surface area contributed by atoms with E-state index in [1.165, 1.54) is 5.56 Å². The van der Waals surface area contributed by atoms with E-state index in [9.17, 15) is 4.79 Å². The van der Waals surface area contributed by atoms with Crippen LogP contribution in [0.4, 0.5) is 4.79 Å². The molecule has 1 heterocycles. The van der Waals surface area contributed by atoms with Crippen molar-refractivity contribution < 1.29 is 14.3 Å². The van der Waals surface area contributed by atoms with E-state index in [0.29, 0.717) is 38.8 Å². The first-order valence-corrected chi connectivity index (χ1v) is 9.26. The third kappa shape index (κ3) is 8.68. The fraction of sp³-hybridized carbons (Fsp3) is 0.579. The van der Waals surface area contributed by atoms with E-state index in [2.05, 4.69) is 17.2 Å². The Hall–Kier alpha value is -1.71. The van der Waals surface area contributed by atoms with Crippen molar-refractivity contribution in [1.29, 1.82) is 0 Å². The molecule has 8 heteroatoms.